The normalized spacial score (nSPS) is 8.38. The summed E-state index contributed by atoms with van der Waals surface area (Å²) < 4.78 is 0. The fourth-order valence-electron chi connectivity index (χ4n) is 0.990. The minimum absolute atomic E-state index is 0.657. The number of benzene rings is 1. The molecule has 0 saturated carbocycles. The number of rotatable bonds is 5. The Morgan fingerprint density at radius 2 is 2.00 bits per heavy atom. The van der Waals surface area contributed by atoms with Crippen LogP contribution in [-0.2, 0) is 0 Å². The molecule has 88 valence electrons. The summed E-state index contributed by atoms with van der Waals surface area (Å²) in [6.07, 6.45) is 3.38. The number of nitrogens with zero attached hydrogens (tertiary/aromatic N) is 3. The number of azide groups is 1. The smallest absolute Gasteiger partial charge is 0.0602 e. The molecule has 16 heavy (non-hydrogen) atoms. The topological polar surface area (TPSA) is 81.0 Å². The van der Waals surface area contributed by atoms with Gasteiger partial charge in [-0.15, -0.1) is 0 Å². The van der Waals surface area contributed by atoms with Crippen molar-refractivity contribution < 1.29 is 5.21 Å². The van der Waals surface area contributed by atoms with Crippen molar-refractivity contribution in [3.05, 3.63) is 40.8 Å². The van der Waals surface area contributed by atoms with Crippen molar-refractivity contribution >= 4 is 5.69 Å². The van der Waals surface area contributed by atoms with Crippen LogP contribution in [0, 0.1) is 0 Å². The van der Waals surface area contributed by atoms with Crippen LogP contribution in [0.2, 0.25) is 0 Å². The zero-order chi connectivity index (χ0) is 12.1. The van der Waals surface area contributed by atoms with Gasteiger partial charge in [-0.1, -0.05) is 43.1 Å². The molecule has 0 aromatic heterocycles. The van der Waals surface area contributed by atoms with Crippen LogP contribution in [0.1, 0.15) is 26.2 Å². The summed E-state index contributed by atoms with van der Waals surface area (Å²) in [6, 6.07) is 9.14. The second-order valence-electron chi connectivity index (χ2n) is 3.14. The summed E-state index contributed by atoms with van der Waals surface area (Å²) in [7, 11) is 0. The third kappa shape index (κ3) is 8.87. The predicted octanol–water partition coefficient (Wildman–Crippen LogP) is 3.97. The lowest BCUT2D eigenvalue weighted by molar-refractivity contribution is 0.389. The van der Waals surface area contributed by atoms with Gasteiger partial charge in [0.1, 0.15) is 0 Å². The van der Waals surface area contributed by atoms with E-state index in [1.807, 2.05) is 23.7 Å². The highest BCUT2D eigenvalue weighted by molar-refractivity contribution is 5.39. The minimum atomic E-state index is 0.657. The molecule has 0 aliphatic heterocycles. The molecule has 1 aromatic rings. The Bertz CT molecular complexity index is 296. The molecule has 2 N–H and O–H groups in total. The summed E-state index contributed by atoms with van der Waals surface area (Å²) in [5.74, 6) is 0. The van der Waals surface area contributed by atoms with E-state index >= 15 is 0 Å². The first kappa shape index (κ1) is 14.3. The first-order chi connectivity index (χ1) is 7.85. The Kier molecular flexibility index (Phi) is 10.2. The van der Waals surface area contributed by atoms with Gasteiger partial charge in [-0.25, -0.2) is 0 Å². The zero-order valence-corrected chi connectivity index (χ0v) is 9.50. The maximum atomic E-state index is 8.29. The maximum absolute atomic E-state index is 8.29. The van der Waals surface area contributed by atoms with Crippen LogP contribution >= 0.6 is 0 Å². The van der Waals surface area contributed by atoms with E-state index in [0.717, 1.165) is 6.42 Å². The lowest BCUT2D eigenvalue weighted by Gasteiger charge is -1.92. The first-order valence-corrected chi connectivity index (χ1v) is 5.31. The molecule has 0 aliphatic rings. The molecule has 0 saturated heterocycles. The van der Waals surface area contributed by atoms with Gasteiger partial charge < -0.3 is 0 Å². The number of anilines is 1. The van der Waals surface area contributed by atoms with Crippen LogP contribution in [0.25, 0.3) is 10.4 Å². The quantitative estimate of drug-likeness (QED) is 0.260. The average molecular weight is 222 g/mol. The highest BCUT2D eigenvalue weighted by Gasteiger charge is 1.80. The van der Waals surface area contributed by atoms with Gasteiger partial charge in [-0.2, -0.15) is 0 Å². The highest BCUT2D eigenvalue weighted by atomic mass is 16.5. The van der Waals surface area contributed by atoms with Crippen molar-refractivity contribution in [1.29, 1.82) is 0 Å². The Labute approximate surface area is 95.7 Å². The molecule has 0 radical (unpaired) electrons. The number of unbranched alkanes of at least 4 members (excludes halogenated alkanes) is 2. The molecular weight excluding hydrogens is 204 g/mol. The van der Waals surface area contributed by atoms with Crippen LogP contribution in [0.5, 0.6) is 0 Å². The van der Waals surface area contributed by atoms with E-state index in [1.54, 1.807) is 12.1 Å². The molecule has 1 aromatic carbocycles. The van der Waals surface area contributed by atoms with Crippen LogP contribution in [-0.4, -0.2) is 11.8 Å². The lowest BCUT2D eigenvalue weighted by Crippen LogP contribution is -1.85. The van der Waals surface area contributed by atoms with Gasteiger partial charge in [0.25, 0.3) is 0 Å². The third-order valence-corrected chi connectivity index (χ3v) is 1.83. The first-order valence-electron chi connectivity index (χ1n) is 5.31. The maximum Gasteiger partial charge on any atom is 0.0602 e. The van der Waals surface area contributed by atoms with E-state index in [-0.39, 0.29) is 0 Å². The average Bonchev–Trinajstić information content (AvgIpc) is 2.36. The molecule has 1 rings (SSSR count). The van der Waals surface area contributed by atoms with Crippen LogP contribution < -0.4 is 5.48 Å². The Hall–Kier alpha value is -1.71. The summed E-state index contributed by atoms with van der Waals surface area (Å²) in [4.78, 5) is 2.63. The van der Waals surface area contributed by atoms with E-state index in [4.69, 9.17) is 10.7 Å². The van der Waals surface area contributed by atoms with Gasteiger partial charge in [-0.05, 0) is 24.1 Å². The van der Waals surface area contributed by atoms with Crippen molar-refractivity contribution in [2.24, 2.45) is 5.11 Å². The molecule has 5 heteroatoms. The van der Waals surface area contributed by atoms with E-state index in [2.05, 4.69) is 16.9 Å². The summed E-state index contributed by atoms with van der Waals surface area (Å²) in [5, 5.41) is 11.7. The van der Waals surface area contributed by atoms with Gasteiger partial charge in [-0.3, -0.25) is 10.7 Å². The van der Waals surface area contributed by atoms with Gasteiger partial charge in [0, 0.05) is 11.5 Å². The fourth-order valence-corrected chi connectivity index (χ4v) is 0.990. The lowest BCUT2D eigenvalue weighted by atomic mass is 10.3. The van der Waals surface area contributed by atoms with Crippen LogP contribution in [0.3, 0.4) is 0 Å². The Morgan fingerprint density at radius 1 is 1.31 bits per heavy atom. The van der Waals surface area contributed by atoms with E-state index in [9.17, 15) is 0 Å². The molecular formula is C11H18N4O. The van der Waals surface area contributed by atoms with Gasteiger partial charge in [0.15, 0.2) is 0 Å². The number of nitrogens with one attached hydrogen (secondary N) is 1. The monoisotopic (exact) mass is 222 g/mol. The molecule has 0 fully saturated rings. The van der Waals surface area contributed by atoms with Crippen LogP contribution in [0.4, 0.5) is 5.69 Å². The van der Waals surface area contributed by atoms with Crippen molar-refractivity contribution in [1.82, 2.24) is 0 Å². The third-order valence-electron chi connectivity index (χ3n) is 1.83. The highest BCUT2D eigenvalue weighted by Crippen LogP contribution is 2.01. The summed E-state index contributed by atoms with van der Waals surface area (Å²) >= 11 is 0. The van der Waals surface area contributed by atoms with Gasteiger partial charge in [0.2, 0.25) is 0 Å². The standard InChI is InChI=1S/C6H7NO.C5H11N3/c8-7-6-4-2-1-3-5-6;1-2-3-4-5-7-8-6/h1-5,7-8H;2-5H2,1H3. The van der Waals surface area contributed by atoms with Crippen LogP contribution in [0.15, 0.2) is 35.4 Å². The van der Waals surface area contributed by atoms with E-state index < -0.39 is 0 Å². The molecule has 0 heterocycles. The zero-order valence-electron chi connectivity index (χ0n) is 9.50. The van der Waals surface area contributed by atoms with Crippen molar-refractivity contribution in [3.8, 4) is 0 Å². The molecule has 0 aliphatic carbocycles. The van der Waals surface area contributed by atoms with Gasteiger partial charge >= 0.3 is 0 Å². The van der Waals surface area contributed by atoms with E-state index in [1.165, 1.54) is 12.8 Å². The number of hydrogen-bond donors (Lipinski definition) is 2. The SMILES string of the molecule is CCCCCN=[N+]=[N-].ONc1ccccc1. The van der Waals surface area contributed by atoms with Gasteiger partial charge in [0.05, 0.1) is 5.69 Å². The van der Waals surface area contributed by atoms with Crippen molar-refractivity contribution in [2.75, 3.05) is 12.0 Å². The summed E-state index contributed by atoms with van der Waals surface area (Å²) in [6.45, 7) is 2.78. The second kappa shape index (κ2) is 11.4. The van der Waals surface area contributed by atoms with E-state index in [0.29, 0.717) is 12.2 Å². The molecule has 0 amide bonds. The second-order valence-corrected chi connectivity index (χ2v) is 3.14. The Morgan fingerprint density at radius 3 is 2.44 bits per heavy atom. The Balaban J connectivity index is 0.000000281. The van der Waals surface area contributed by atoms with Crippen molar-refractivity contribution in [2.45, 2.75) is 26.2 Å². The minimum Gasteiger partial charge on any atom is -0.291 e. The molecule has 5 nitrogen and oxygen atoms in total. The molecule has 0 unspecified atom stereocenters. The predicted molar refractivity (Wildman–Crippen MR) is 65.4 cm³/mol. The largest absolute Gasteiger partial charge is 0.291 e. The van der Waals surface area contributed by atoms with Crippen molar-refractivity contribution in [3.63, 3.8) is 0 Å². The number of hydrogen-bond acceptors (Lipinski definition) is 3. The molecule has 0 spiro atoms. The molecule has 0 atom stereocenters. The fraction of sp³-hybridized carbons (Fsp3) is 0.455. The number of para-hydroxylation sites is 1. The molecule has 0 bridgehead atoms. The summed E-state index contributed by atoms with van der Waals surface area (Å²) in [5.41, 5.74) is 10.6.